The molecule has 0 aliphatic carbocycles. The third kappa shape index (κ3) is 17.3. The second kappa shape index (κ2) is 20.8. The Hall–Kier alpha value is -5.14. The number of rotatable bonds is 21. The summed E-state index contributed by atoms with van der Waals surface area (Å²) in [6.45, 7) is 2.73. The van der Waals surface area contributed by atoms with Crippen LogP contribution in [-0.2, 0) is 45.9 Å². The Bertz CT molecular complexity index is 1700. The van der Waals surface area contributed by atoms with Gasteiger partial charge in [0, 0.05) is 35.8 Å². The highest BCUT2D eigenvalue weighted by Gasteiger charge is 2.24. The summed E-state index contributed by atoms with van der Waals surface area (Å²) >= 11 is 0. The Balaban J connectivity index is 2.12. The van der Waals surface area contributed by atoms with Crippen LogP contribution < -0.4 is 20.7 Å². The summed E-state index contributed by atoms with van der Waals surface area (Å²) in [5.74, 6) is -1.92. The molecule has 22 heteroatoms. The highest BCUT2D eigenvalue weighted by molar-refractivity contribution is 7.47. The predicted octanol–water partition coefficient (Wildman–Crippen LogP) is 2.84. The molecule has 0 fully saturated rings. The molecule has 0 aromatic heterocycles. The molecule has 0 aliphatic rings. The number of nitro benzene ring substituents is 1. The number of nitrogens with zero attached hydrogens (tertiary/aromatic N) is 6. The molecular weight excluding hydrogens is 721 g/mol. The van der Waals surface area contributed by atoms with Crippen LogP contribution in [0.1, 0.15) is 25.0 Å². The molecule has 0 saturated carbocycles. The molecule has 53 heavy (non-hydrogen) atoms. The van der Waals surface area contributed by atoms with Gasteiger partial charge in [-0.05, 0) is 61.8 Å². The van der Waals surface area contributed by atoms with E-state index in [0.29, 0.717) is 27.8 Å². The maximum atomic E-state index is 13.0. The van der Waals surface area contributed by atoms with Crippen molar-refractivity contribution in [1.29, 1.82) is 0 Å². The van der Waals surface area contributed by atoms with Crippen molar-refractivity contribution in [3.05, 3.63) is 74.1 Å². The van der Waals surface area contributed by atoms with Gasteiger partial charge in [0.25, 0.3) is 5.69 Å². The summed E-state index contributed by atoms with van der Waals surface area (Å²) in [4.78, 5) is 74.2. The number of phosphoric ester groups is 1. The van der Waals surface area contributed by atoms with Crippen LogP contribution in [-0.4, -0.2) is 116 Å². The molecule has 1 unspecified atom stereocenters. The molecule has 3 amide bonds. The monoisotopic (exact) mass is 766 g/mol. The first-order chi connectivity index (χ1) is 24.8. The van der Waals surface area contributed by atoms with E-state index < -0.39 is 55.3 Å². The third-order valence-corrected chi connectivity index (χ3v) is 8.07. The van der Waals surface area contributed by atoms with Crippen molar-refractivity contribution in [3.63, 3.8) is 0 Å². The number of anilines is 1. The standard InChI is InChI=1S/C31H44N9O12P/c1-21(34-28(41)18-33-37-32)29(42)35-22(2)30(43)36-25-8-7-23(20-49-31(44)52-27-11-9-26(10-12-27)39(45)46)24(17-25)19-38(3)13-15-50-53(47,48)51-16-14-40(4,5)6/h7-12,17,21-22H,13-16,18-20H2,1-6H3,(H3-,34,35,36,41,42,43,47,48)/p+1/t21-,22-/m0/s1. The van der Waals surface area contributed by atoms with Crippen LogP contribution in [0, 0.1) is 10.1 Å². The number of carbonyl (C=O) groups is 4. The number of quaternary nitrogens is 1. The van der Waals surface area contributed by atoms with E-state index in [1.54, 1.807) is 24.1 Å². The zero-order valence-corrected chi connectivity index (χ0v) is 31.1. The minimum absolute atomic E-state index is 0.0123. The molecule has 4 N–H and O–H groups in total. The highest BCUT2D eigenvalue weighted by Crippen LogP contribution is 2.42. The lowest BCUT2D eigenvalue weighted by Crippen LogP contribution is -2.50. The average Bonchev–Trinajstić information content (AvgIpc) is 3.06. The number of non-ortho nitro benzene ring substituents is 1. The number of azide groups is 1. The predicted molar refractivity (Wildman–Crippen MR) is 189 cm³/mol. The van der Waals surface area contributed by atoms with Crippen molar-refractivity contribution >= 4 is 43.1 Å². The topological polar surface area (TPSA) is 274 Å². The molecule has 21 nitrogen and oxygen atoms in total. The molecule has 0 aliphatic heterocycles. The zero-order valence-electron chi connectivity index (χ0n) is 30.2. The van der Waals surface area contributed by atoms with E-state index in [-0.39, 0.29) is 44.3 Å². The molecule has 3 atom stereocenters. The van der Waals surface area contributed by atoms with Crippen LogP contribution in [0.25, 0.3) is 10.4 Å². The van der Waals surface area contributed by atoms with Gasteiger partial charge in [0.15, 0.2) is 0 Å². The number of amides is 3. The normalized spacial score (nSPS) is 13.4. The van der Waals surface area contributed by atoms with Gasteiger partial charge in [-0.2, -0.15) is 0 Å². The summed E-state index contributed by atoms with van der Waals surface area (Å²) in [6.07, 6.45) is -1.08. The first-order valence-corrected chi connectivity index (χ1v) is 17.5. The van der Waals surface area contributed by atoms with Crippen molar-refractivity contribution < 1.29 is 56.6 Å². The second-order valence-electron chi connectivity index (χ2n) is 12.7. The first-order valence-electron chi connectivity index (χ1n) is 16.0. The third-order valence-electron chi connectivity index (χ3n) is 7.05. The van der Waals surface area contributed by atoms with Gasteiger partial charge < -0.3 is 34.8 Å². The van der Waals surface area contributed by atoms with Crippen LogP contribution in [0.3, 0.4) is 0 Å². The number of ether oxygens (including phenoxy) is 2. The van der Waals surface area contributed by atoms with Gasteiger partial charge in [0.1, 0.15) is 44.1 Å². The van der Waals surface area contributed by atoms with E-state index in [9.17, 15) is 38.8 Å². The van der Waals surface area contributed by atoms with Crippen molar-refractivity contribution in [1.82, 2.24) is 15.5 Å². The number of carbonyl (C=O) groups excluding carboxylic acids is 4. The lowest BCUT2D eigenvalue weighted by Gasteiger charge is -2.24. The van der Waals surface area contributed by atoms with Crippen LogP contribution in [0.2, 0.25) is 0 Å². The molecule has 0 saturated heterocycles. The zero-order chi connectivity index (χ0) is 39.8. The number of phosphoric acid groups is 1. The molecular formula is C31H45N9O12P+. The van der Waals surface area contributed by atoms with Crippen molar-refractivity contribution in [2.24, 2.45) is 5.11 Å². The summed E-state index contributed by atoms with van der Waals surface area (Å²) in [5.41, 5.74) is 9.53. The molecule has 2 aromatic carbocycles. The molecule has 290 valence electrons. The van der Waals surface area contributed by atoms with Gasteiger partial charge in [0.2, 0.25) is 17.7 Å². The minimum atomic E-state index is -4.30. The highest BCUT2D eigenvalue weighted by atomic mass is 31.2. The smallest absolute Gasteiger partial charge is 0.429 e. The molecule has 2 rings (SSSR count). The number of hydrogen-bond donors (Lipinski definition) is 4. The summed E-state index contributed by atoms with van der Waals surface area (Å²) in [7, 11) is 3.12. The number of nitro groups is 1. The quantitative estimate of drug-likeness (QED) is 0.0164. The lowest BCUT2D eigenvalue weighted by atomic mass is 10.1. The van der Waals surface area contributed by atoms with Gasteiger partial charge in [0.05, 0.1) is 32.7 Å². The van der Waals surface area contributed by atoms with Crippen molar-refractivity contribution in [3.8, 4) is 5.75 Å². The molecule has 2 aromatic rings. The van der Waals surface area contributed by atoms with Crippen molar-refractivity contribution in [2.45, 2.75) is 39.1 Å². The number of benzene rings is 2. The van der Waals surface area contributed by atoms with Crippen LogP contribution in [0.15, 0.2) is 47.6 Å². The average molecular weight is 767 g/mol. The van der Waals surface area contributed by atoms with Crippen molar-refractivity contribution in [2.75, 3.05) is 66.4 Å². The van der Waals surface area contributed by atoms with E-state index in [1.807, 2.05) is 21.1 Å². The van der Waals surface area contributed by atoms with E-state index in [1.165, 1.54) is 44.2 Å². The molecule has 0 heterocycles. The Morgan fingerprint density at radius 1 is 1.02 bits per heavy atom. The maximum absolute atomic E-state index is 13.0. The Kier molecular flexibility index (Phi) is 17.3. The Morgan fingerprint density at radius 2 is 1.66 bits per heavy atom. The van der Waals surface area contributed by atoms with Crippen LogP contribution >= 0.6 is 7.82 Å². The number of nitrogens with one attached hydrogen (secondary N) is 3. The summed E-state index contributed by atoms with van der Waals surface area (Å²) in [6, 6.07) is 7.47. The molecule has 0 bridgehead atoms. The summed E-state index contributed by atoms with van der Waals surface area (Å²) < 4.78 is 33.4. The first kappa shape index (κ1) is 44.0. The molecule has 0 spiro atoms. The SMILES string of the molecule is C[C@H](NC(=O)CN=[N+]=[N-])C(=O)N[C@@H](C)C(=O)Nc1ccc(COC(=O)Oc2ccc([N+](=O)[O-])cc2)c(CN(C)CCOP(=O)(O)OCC[N+](C)(C)C)c1. The fourth-order valence-corrected chi connectivity index (χ4v) is 4.84. The number of hydrogen-bond acceptors (Lipinski definition) is 13. The fourth-order valence-electron chi connectivity index (χ4n) is 4.14. The van der Waals surface area contributed by atoms with Gasteiger partial charge in [-0.25, -0.2) is 9.36 Å². The Morgan fingerprint density at radius 3 is 2.28 bits per heavy atom. The van der Waals surface area contributed by atoms with E-state index in [2.05, 4.69) is 26.0 Å². The Labute approximate surface area is 305 Å². The van der Waals surface area contributed by atoms with Gasteiger partial charge in [-0.3, -0.25) is 38.4 Å². The van der Waals surface area contributed by atoms with Crippen LogP contribution in [0.5, 0.6) is 5.75 Å². The number of likely N-dealkylation sites (N-methyl/N-ethyl adjacent to an activating group) is 2. The van der Waals surface area contributed by atoms with Gasteiger partial charge in [-0.15, -0.1) is 0 Å². The minimum Gasteiger partial charge on any atom is -0.429 e. The van der Waals surface area contributed by atoms with Crippen LogP contribution in [0.4, 0.5) is 16.2 Å². The summed E-state index contributed by atoms with van der Waals surface area (Å²) in [5, 5.41) is 21.5. The largest absolute Gasteiger partial charge is 0.514 e. The fraction of sp³-hybridized carbons (Fsp3) is 0.484. The van der Waals surface area contributed by atoms with Gasteiger partial charge >= 0.3 is 14.0 Å². The van der Waals surface area contributed by atoms with E-state index in [4.69, 9.17) is 24.1 Å². The van der Waals surface area contributed by atoms with Gasteiger partial charge in [-0.1, -0.05) is 11.2 Å². The lowest BCUT2D eigenvalue weighted by molar-refractivity contribution is -0.870. The second-order valence-corrected chi connectivity index (χ2v) is 14.1. The van der Waals surface area contributed by atoms with E-state index in [0.717, 1.165) is 0 Å². The molecule has 0 radical (unpaired) electrons. The van der Waals surface area contributed by atoms with E-state index >= 15 is 0 Å². The maximum Gasteiger partial charge on any atom is 0.514 e.